The minimum absolute atomic E-state index is 0.484. The van der Waals surface area contributed by atoms with Crippen molar-refractivity contribution in [3.05, 3.63) is 29.8 Å². The van der Waals surface area contributed by atoms with Crippen molar-refractivity contribution in [1.82, 2.24) is 5.32 Å². The van der Waals surface area contributed by atoms with Gasteiger partial charge in [-0.1, -0.05) is 45.2 Å². The molecule has 0 amide bonds. The number of rotatable bonds is 9. The summed E-state index contributed by atoms with van der Waals surface area (Å²) in [6, 6.07) is 9.00. The molecule has 1 aromatic carbocycles. The molecule has 0 spiro atoms. The molecule has 1 rings (SSSR count). The molecule has 18 heavy (non-hydrogen) atoms. The van der Waals surface area contributed by atoms with Crippen molar-refractivity contribution in [1.29, 1.82) is 0 Å². The molecule has 0 aromatic heterocycles. The molecular formula is C16H27NO. The van der Waals surface area contributed by atoms with Crippen molar-refractivity contribution in [3.8, 4) is 5.75 Å². The van der Waals surface area contributed by atoms with Gasteiger partial charge in [0.15, 0.2) is 0 Å². The van der Waals surface area contributed by atoms with Gasteiger partial charge in [-0.3, -0.25) is 0 Å². The number of unbranched alkanes of at least 4 members (excludes halogenated alkanes) is 2. The monoisotopic (exact) mass is 249 g/mol. The van der Waals surface area contributed by atoms with Gasteiger partial charge in [0.2, 0.25) is 0 Å². The van der Waals surface area contributed by atoms with Crippen LogP contribution in [0.15, 0.2) is 24.3 Å². The van der Waals surface area contributed by atoms with Crippen molar-refractivity contribution in [2.75, 3.05) is 13.2 Å². The molecule has 0 saturated heterocycles. The smallest absolute Gasteiger partial charge is 0.119 e. The first-order chi connectivity index (χ1) is 8.81. The fourth-order valence-electron chi connectivity index (χ4n) is 2.19. The molecule has 0 aliphatic carbocycles. The highest BCUT2D eigenvalue weighted by molar-refractivity contribution is 5.29. The van der Waals surface area contributed by atoms with Crippen molar-refractivity contribution in [2.24, 2.45) is 0 Å². The standard InChI is InChI=1S/C16H27NO/c1-4-7-8-9-16(17-5-2)14-10-12-15(13-11-14)18-6-3/h10-13,16-17H,4-9H2,1-3H3. The fraction of sp³-hybridized carbons (Fsp3) is 0.625. The van der Waals surface area contributed by atoms with E-state index in [-0.39, 0.29) is 0 Å². The van der Waals surface area contributed by atoms with Crippen molar-refractivity contribution < 1.29 is 4.74 Å². The van der Waals surface area contributed by atoms with Crippen molar-refractivity contribution in [3.63, 3.8) is 0 Å². The summed E-state index contributed by atoms with van der Waals surface area (Å²) in [6.45, 7) is 8.18. The molecule has 0 aliphatic rings. The molecule has 1 atom stereocenters. The Morgan fingerprint density at radius 1 is 1.06 bits per heavy atom. The highest BCUT2D eigenvalue weighted by Gasteiger charge is 2.09. The van der Waals surface area contributed by atoms with E-state index in [1.165, 1.54) is 31.2 Å². The van der Waals surface area contributed by atoms with Gasteiger partial charge in [0.1, 0.15) is 5.75 Å². The van der Waals surface area contributed by atoms with Gasteiger partial charge in [-0.15, -0.1) is 0 Å². The summed E-state index contributed by atoms with van der Waals surface area (Å²) >= 11 is 0. The third-order valence-corrected chi connectivity index (χ3v) is 3.14. The van der Waals surface area contributed by atoms with Crippen LogP contribution in [0.3, 0.4) is 0 Å². The summed E-state index contributed by atoms with van der Waals surface area (Å²) in [4.78, 5) is 0. The van der Waals surface area contributed by atoms with E-state index in [2.05, 4.69) is 43.4 Å². The van der Waals surface area contributed by atoms with Gasteiger partial charge in [-0.2, -0.15) is 0 Å². The molecule has 0 saturated carbocycles. The third-order valence-electron chi connectivity index (χ3n) is 3.14. The number of hydrogen-bond donors (Lipinski definition) is 1. The van der Waals surface area contributed by atoms with Gasteiger partial charge in [0.25, 0.3) is 0 Å². The van der Waals surface area contributed by atoms with Crippen molar-refractivity contribution in [2.45, 2.75) is 52.5 Å². The van der Waals surface area contributed by atoms with Crippen LogP contribution in [0.25, 0.3) is 0 Å². The van der Waals surface area contributed by atoms with E-state index < -0.39 is 0 Å². The SMILES string of the molecule is CCCCCC(NCC)c1ccc(OCC)cc1. The first-order valence-corrected chi connectivity index (χ1v) is 7.27. The Labute approximate surface area is 112 Å². The van der Waals surface area contributed by atoms with Gasteiger partial charge in [-0.05, 0) is 37.6 Å². The minimum atomic E-state index is 0.484. The largest absolute Gasteiger partial charge is 0.494 e. The van der Waals surface area contributed by atoms with Crippen LogP contribution in [-0.4, -0.2) is 13.2 Å². The van der Waals surface area contributed by atoms with Crippen LogP contribution >= 0.6 is 0 Å². The second kappa shape index (κ2) is 8.98. The zero-order valence-electron chi connectivity index (χ0n) is 12.0. The van der Waals surface area contributed by atoms with E-state index >= 15 is 0 Å². The summed E-state index contributed by atoms with van der Waals surface area (Å²) in [7, 11) is 0. The Bertz CT molecular complexity index is 307. The quantitative estimate of drug-likeness (QED) is 0.658. The van der Waals surface area contributed by atoms with Crippen molar-refractivity contribution >= 4 is 0 Å². The van der Waals surface area contributed by atoms with E-state index in [1.807, 2.05) is 6.92 Å². The average Bonchev–Trinajstić information content (AvgIpc) is 2.39. The van der Waals surface area contributed by atoms with Gasteiger partial charge in [0.05, 0.1) is 6.61 Å². The lowest BCUT2D eigenvalue weighted by Gasteiger charge is -2.18. The normalized spacial score (nSPS) is 12.4. The molecule has 1 aromatic rings. The molecule has 0 aliphatic heterocycles. The summed E-state index contributed by atoms with van der Waals surface area (Å²) in [5, 5.41) is 3.57. The van der Waals surface area contributed by atoms with E-state index in [9.17, 15) is 0 Å². The zero-order chi connectivity index (χ0) is 13.2. The van der Waals surface area contributed by atoms with Crippen LogP contribution in [0, 0.1) is 0 Å². The second-order valence-corrected chi connectivity index (χ2v) is 4.61. The summed E-state index contributed by atoms with van der Waals surface area (Å²) in [5.74, 6) is 0.963. The van der Waals surface area contributed by atoms with Gasteiger partial charge in [-0.25, -0.2) is 0 Å². The Morgan fingerprint density at radius 3 is 2.33 bits per heavy atom. The van der Waals surface area contributed by atoms with Crippen LogP contribution < -0.4 is 10.1 Å². The van der Waals surface area contributed by atoms with E-state index in [0.717, 1.165) is 18.9 Å². The molecule has 1 N–H and O–H groups in total. The molecule has 2 heteroatoms. The maximum Gasteiger partial charge on any atom is 0.119 e. The first-order valence-electron chi connectivity index (χ1n) is 7.27. The third kappa shape index (κ3) is 5.09. The number of ether oxygens (including phenoxy) is 1. The topological polar surface area (TPSA) is 21.3 Å². The fourth-order valence-corrected chi connectivity index (χ4v) is 2.19. The maximum atomic E-state index is 5.48. The minimum Gasteiger partial charge on any atom is -0.494 e. The molecule has 0 bridgehead atoms. The van der Waals surface area contributed by atoms with Crippen LogP contribution in [-0.2, 0) is 0 Å². The van der Waals surface area contributed by atoms with Gasteiger partial charge in [0, 0.05) is 6.04 Å². The predicted octanol–water partition coefficient (Wildman–Crippen LogP) is 4.32. The second-order valence-electron chi connectivity index (χ2n) is 4.61. The van der Waals surface area contributed by atoms with E-state index in [4.69, 9.17) is 4.74 Å². The lowest BCUT2D eigenvalue weighted by Crippen LogP contribution is -2.20. The van der Waals surface area contributed by atoms with Crippen LogP contribution in [0.2, 0.25) is 0 Å². The van der Waals surface area contributed by atoms with E-state index in [1.54, 1.807) is 0 Å². The van der Waals surface area contributed by atoms with Crippen LogP contribution in [0.5, 0.6) is 5.75 Å². The average molecular weight is 249 g/mol. The molecule has 0 fully saturated rings. The number of nitrogens with one attached hydrogen (secondary N) is 1. The number of hydrogen-bond acceptors (Lipinski definition) is 2. The van der Waals surface area contributed by atoms with Gasteiger partial charge < -0.3 is 10.1 Å². The zero-order valence-corrected chi connectivity index (χ0v) is 12.0. The Hall–Kier alpha value is -1.02. The Kier molecular flexibility index (Phi) is 7.51. The Morgan fingerprint density at radius 2 is 1.78 bits per heavy atom. The van der Waals surface area contributed by atoms with E-state index in [0.29, 0.717) is 6.04 Å². The highest BCUT2D eigenvalue weighted by Crippen LogP contribution is 2.22. The highest BCUT2D eigenvalue weighted by atomic mass is 16.5. The summed E-state index contributed by atoms with van der Waals surface area (Å²) < 4.78 is 5.48. The first kappa shape index (κ1) is 15.0. The molecule has 1 unspecified atom stereocenters. The number of benzene rings is 1. The molecule has 0 radical (unpaired) electrons. The maximum absolute atomic E-state index is 5.48. The Balaban J connectivity index is 2.60. The van der Waals surface area contributed by atoms with Crippen LogP contribution in [0.4, 0.5) is 0 Å². The summed E-state index contributed by atoms with van der Waals surface area (Å²) in [6.07, 6.45) is 5.11. The predicted molar refractivity (Wildman–Crippen MR) is 78.2 cm³/mol. The molecular weight excluding hydrogens is 222 g/mol. The lowest BCUT2D eigenvalue weighted by atomic mass is 10.0. The van der Waals surface area contributed by atoms with Gasteiger partial charge >= 0.3 is 0 Å². The lowest BCUT2D eigenvalue weighted by molar-refractivity contribution is 0.340. The summed E-state index contributed by atoms with van der Waals surface area (Å²) in [5.41, 5.74) is 1.37. The molecule has 102 valence electrons. The molecule has 2 nitrogen and oxygen atoms in total. The molecule has 0 heterocycles. The van der Waals surface area contributed by atoms with Crippen LogP contribution in [0.1, 0.15) is 58.1 Å².